The average Bonchev–Trinajstić information content (AvgIpc) is 2.70. The molecule has 144 valence electrons. The van der Waals surface area contributed by atoms with Gasteiger partial charge in [0.05, 0.1) is 26.0 Å². The fraction of sp³-hybridized carbons (Fsp3) is 0.450. The molecule has 0 aromatic carbocycles. The zero-order chi connectivity index (χ0) is 19.2. The van der Waals surface area contributed by atoms with Crippen LogP contribution in [0.1, 0.15) is 48.7 Å². The summed E-state index contributed by atoms with van der Waals surface area (Å²) in [7, 11) is 1.30. The number of hydrogen-bond acceptors (Lipinski definition) is 7. The van der Waals surface area contributed by atoms with Crippen LogP contribution in [0, 0.1) is 0 Å². The molecule has 3 heterocycles. The summed E-state index contributed by atoms with van der Waals surface area (Å²) in [6.45, 7) is 2.41. The molecule has 1 atom stereocenters. The van der Waals surface area contributed by atoms with Crippen LogP contribution >= 0.6 is 0 Å². The molecule has 1 aliphatic heterocycles. The molecule has 0 saturated carbocycles. The molecule has 7 heteroatoms. The number of ether oxygens (including phenoxy) is 1. The predicted molar refractivity (Wildman–Crippen MR) is 98.5 cm³/mol. The second-order valence-corrected chi connectivity index (χ2v) is 6.74. The van der Waals surface area contributed by atoms with E-state index in [0.717, 1.165) is 25.9 Å². The van der Waals surface area contributed by atoms with Crippen LogP contribution in [0.2, 0.25) is 0 Å². The monoisotopic (exact) mass is 372 g/mol. The van der Waals surface area contributed by atoms with Crippen LogP contribution in [-0.4, -0.2) is 41.2 Å². The molecule has 0 aliphatic carbocycles. The Hall–Kier alpha value is -2.67. The lowest BCUT2D eigenvalue weighted by atomic mass is 9.93. The quantitative estimate of drug-likeness (QED) is 0.778. The van der Waals surface area contributed by atoms with E-state index in [2.05, 4.69) is 9.88 Å². The fourth-order valence-corrected chi connectivity index (χ4v) is 3.41. The second kappa shape index (κ2) is 8.81. The highest BCUT2D eigenvalue weighted by Crippen LogP contribution is 2.33. The Morgan fingerprint density at radius 3 is 2.67 bits per heavy atom. The molecule has 1 fully saturated rings. The summed E-state index contributed by atoms with van der Waals surface area (Å²) in [4.78, 5) is 30.5. The lowest BCUT2D eigenvalue weighted by Crippen LogP contribution is -2.29. The molecule has 7 nitrogen and oxygen atoms in total. The first-order chi connectivity index (χ1) is 13.1. The van der Waals surface area contributed by atoms with Crippen LogP contribution in [0.3, 0.4) is 0 Å². The van der Waals surface area contributed by atoms with Crippen molar-refractivity contribution in [3.63, 3.8) is 0 Å². The summed E-state index contributed by atoms with van der Waals surface area (Å²) in [5.41, 5.74) is 0.205. The number of hydrogen-bond donors (Lipinski definition) is 1. The Bertz CT molecular complexity index is 828. The van der Waals surface area contributed by atoms with E-state index in [4.69, 9.17) is 9.15 Å². The summed E-state index contributed by atoms with van der Waals surface area (Å²) in [6, 6.07) is 4.78. The standard InChI is InChI=1S/C20H24N2O5/c1-26-18(24)12-16(14-5-7-21-8-6-14)20-19(25)17(23)11-15(27-20)13-22-9-3-2-4-10-22/h5-8,11,16,25H,2-4,9-10,12-13H2,1H3/t16-/m0/s1. The fourth-order valence-electron chi connectivity index (χ4n) is 3.41. The lowest BCUT2D eigenvalue weighted by Gasteiger charge is -2.26. The van der Waals surface area contributed by atoms with E-state index < -0.39 is 23.1 Å². The van der Waals surface area contributed by atoms with Crippen LogP contribution in [-0.2, 0) is 16.1 Å². The molecule has 1 saturated heterocycles. The Labute approximate surface area is 157 Å². The summed E-state index contributed by atoms with van der Waals surface area (Å²) in [6.07, 6.45) is 6.59. The molecule has 0 radical (unpaired) electrons. The van der Waals surface area contributed by atoms with Crippen molar-refractivity contribution in [2.45, 2.75) is 38.1 Å². The highest BCUT2D eigenvalue weighted by molar-refractivity contribution is 5.71. The Morgan fingerprint density at radius 2 is 2.00 bits per heavy atom. The third-order valence-electron chi connectivity index (χ3n) is 4.85. The van der Waals surface area contributed by atoms with Gasteiger partial charge in [-0.25, -0.2) is 0 Å². The summed E-state index contributed by atoms with van der Waals surface area (Å²) in [5.74, 6) is -0.984. The van der Waals surface area contributed by atoms with E-state index in [1.807, 2.05) is 0 Å². The summed E-state index contributed by atoms with van der Waals surface area (Å²) >= 11 is 0. The second-order valence-electron chi connectivity index (χ2n) is 6.74. The average molecular weight is 372 g/mol. The summed E-state index contributed by atoms with van der Waals surface area (Å²) < 4.78 is 10.7. The number of piperidine rings is 1. The van der Waals surface area contributed by atoms with Crippen molar-refractivity contribution in [1.29, 1.82) is 0 Å². The molecule has 0 amide bonds. The van der Waals surface area contributed by atoms with Crippen molar-refractivity contribution in [3.05, 3.63) is 57.9 Å². The molecular weight excluding hydrogens is 348 g/mol. The van der Waals surface area contributed by atoms with E-state index in [1.54, 1.807) is 24.5 Å². The number of aromatic hydroxyl groups is 1. The van der Waals surface area contributed by atoms with E-state index in [-0.39, 0.29) is 12.2 Å². The largest absolute Gasteiger partial charge is 0.502 e. The van der Waals surface area contributed by atoms with Gasteiger partial charge in [0.1, 0.15) is 5.76 Å². The van der Waals surface area contributed by atoms with Gasteiger partial charge >= 0.3 is 5.97 Å². The van der Waals surface area contributed by atoms with Gasteiger partial charge in [-0.15, -0.1) is 0 Å². The van der Waals surface area contributed by atoms with Gasteiger partial charge in [0.25, 0.3) is 0 Å². The van der Waals surface area contributed by atoms with Crippen molar-refractivity contribution >= 4 is 5.97 Å². The van der Waals surface area contributed by atoms with Crippen LogP contribution < -0.4 is 5.43 Å². The topological polar surface area (TPSA) is 92.9 Å². The minimum atomic E-state index is -0.630. The third-order valence-corrected chi connectivity index (χ3v) is 4.85. The highest BCUT2D eigenvalue weighted by Gasteiger charge is 2.27. The first kappa shape index (κ1) is 19.1. The van der Waals surface area contributed by atoms with Crippen molar-refractivity contribution in [3.8, 4) is 5.75 Å². The smallest absolute Gasteiger partial charge is 0.306 e. The minimum Gasteiger partial charge on any atom is -0.502 e. The zero-order valence-electron chi connectivity index (χ0n) is 15.4. The maximum atomic E-state index is 12.3. The normalized spacial score (nSPS) is 16.0. The molecule has 27 heavy (non-hydrogen) atoms. The molecule has 1 N–H and O–H groups in total. The van der Waals surface area contributed by atoms with Crippen LogP contribution in [0.15, 0.2) is 39.8 Å². The number of pyridine rings is 1. The Kier molecular flexibility index (Phi) is 6.24. The number of carbonyl (C=O) groups is 1. The molecule has 2 aromatic heterocycles. The molecule has 0 unspecified atom stereocenters. The molecule has 2 aromatic rings. The number of aromatic nitrogens is 1. The highest BCUT2D eigenvalue weighted by atomic mass is 16.5. The van der Waals surface area contributed by atoms with E-state index in [0.29, 0.717) is 17.9 Å². The van der Waals surface area contributed by atoms with Crippen molar-refractivity contribution in [2.24, 2.45) is 0 Å². The van der Waals surface area contributed by atoms with Gasteiger partial charge in [0, 0.05) is 18.5 Å². The first-order valence-electron chi connectivity index (χ1n) is 9.13. The molecular formula is C20H24N2O5. The maximum Gasteiger partial charge on any atom is 0.306 e. The zero-order valence-corrected chi connectivity index (χ0v) is 15.4. The molecule has 0 bridgehead atoms. The van der Waals surface area contributed by atoms with E-state index >= 15 is 0 Å². The first-order valence-corrected chi connectivity index (χ1v) is 9.13. The van der Waals surface area contributed by atoms with Gasteiger partial charge in [0.2, 0.25) is 11.2 Å². The van der Waals surface area contributed by atoms with Crippen LogP contribution in [0.5, 0.6) is 5.75 Å². The van der Waals surface area contributed by atoms with E-state index in [1.165, 1.54) is 19.6 Å². The van der Waals surface area contributed by atoms with E-state index in [9.17, 15) is 14.7 Å². The molecule has 0 spiro atoms. The Balaban J connectivity index is 1.97. The van der Waals surface area contributed by atoms with Crippen LogP contribution in [0.25, 0.3) is 0 Å². The summed E-state index contributed by atoms with van der Waals surface area (Å²) in [5, 5.41) is 10.4. The number of rotatable bonds is 6. The number of methoxy groups -OCH3 is 1. The van der Waals surface area contributed by atoms with Gasteiger partial charge in [0.15, 0.2) is 5.76 Å². The molecule has 3 rings (SSSR count). The van der Waals surface area contributed by atoms with Crippen LogP contribution in [0.4, 0.5) is 0 Å². The van der Waals surface area contributed by atoms with Gasteiger partial charge in [-0.2, -0.15) is 0 Å². The van der Waals surface area contributed by atoms with Crippen molar-refractivity contribution < 1.29 is 19.1 Å². The van der Waals surface area contributed by atoms with Gasteiger partial charge < -0.3 is 14.3 Å². The van der Waals surface area contributed by atoms with Crippen molar-refractivity contribution in [2.75, 3.05) is 20.2 Å². The lowest BCUT2D eigenvalue weighted by molar-refractivity contribution is -0.140. The number of likely N-dealkylation sites (tertiary alicyclic amines) is 1. The van der Waals surface area contributed by atoms with Gasteiger partial charge in [-0.1, -0.05) is 6.42 Å². The minimum absolute atomic E-state index is 0.0514. The number of nitrogens with zero attached hydrogens (tertiary/aromatic N) is 2. The number of carbonyl (C=O) groups excluding carboxylic acids is 1. The Morgan fingerprint density at radius 1 is 1.30 bits per heavy atom. The maximum absolute atomic E-state index is 12.3. The van der Waals surface area contributed by atoms with Crippen molar-refractivity contribution in [1.82, 2.24) is 9.88 Å². The molecule has 1 aliphatic rings. The third kappa shape index (κ3) is 4.74. The number of esters is 1. The predicted octanol–water partition coefficient (Wildman–Crippen LogP) is 2.42. The van der Waals surface area contributed by atoms with Gasteiger partial charge in [-0.05, 0) is 43.6 Å². The van der Waals surface area contributed by atoms with Gasteiger partial charge in [-0.3, -0.25) is 19.5 Å². The SMILES string of the molecule is COC(=O)C[C@@H](c1ccncc1)c1oc(CN2CCCCC2)cc(=O)c1O.